The van der Waals surface area contributed by atoms with Crippen LogP contribution in [0.25, 0.3) is 11.0 Å². The lowest BCUT2D eigenvalue weighted by Gasteiger charge is -2.37. The van der Waals surface area contributed by atoms with Gasteiger partial charge in [0, 0.05) is 50.5 Å². The Kier molecular flexibility index (Phi) is 4.29. The van der Waals surface area contributed by atoms with Gasteiger partial charge in [0.25, 0.3) is 0 Å². The summed E-state index contributed by atoms with van der Waals surface area (Å²) in [6, 6.07) is 4.13. The maximum atomic E-state index is 12.2. The Morgan fingerprint density at radius 2 is 2.11 bits per heavy atom. The minimum atomic E-state index is -0.244. The summed E-state index contributed by atoms with van der Waals surface area (Å²) in [6.45, 7) is 3.77. The molecule has 5 heterocycles. The Bertz CT molecular complexity index is 902. The van der Waals surface area contributed by atoms with Crippen LogP contribution in [0.2, 0.25) is 0 Å². The molecule has 0 saturated carbocycles. The van der Waals surface area contributed by atoms with Gasteiger partial charge < -0.3 is 24.3 Å². The molecule has 3 aliphatic heterocycles. The molecule has 3 aliphatic rings. The number of rotatable bonds is 3. The summed E-state index contributed by atoms with van der Waals surface area (Å²) in [5.41, 5.74) is 6.17. The first-order chi connectivity index (χ1) is 13.7. The van der Waals surface area contributed by atoms with Crippen molar-refractivity contribution < 1.29 is 14.3 Å². The predicted molar refractivity (Wildman–Crippen MR) is 103 cm³/mol. The van der Waals surface area contributed by atoms with E-state index in [0.717, 1.165) is 35.5 Å². The van der Waals surface area contributed by atoms with Crippen LogP contribution in [-0.2, 0) is 9.47 Å². The second-order valence-corrected chi connectivity index (χ2v) is 7.24. The number of aliphatic imine (C=N–C) groups is 1. The molecular weight excluding hydrogens is 362 g/mol. The molecule has 1 unspecified atom stereocenters. The summed E-state index contributed by atoms with van der Waals surface area (Å²) in [5, 5.41) is 2.89. The van der Waals surface area contributed by atoms with Gasteiger partial charge in [-0.1, -0.05) is 0 Å². The molecule has 2 saturated heterocycles. The lowest BCUT2D eigenvalue weighted by atomic mass is 10.2. The average molecular weight is 385 g/mol. The highest BCUT2D eigenvalue weighted by Crippen LogP contribution is 2.30. The maximum Gasteiger partial charge on any atom is 0.410 e. The van der Waals surface area contributed by atoms with Crippen LogP contribution in [0.5, 0.6) is 0 Å². The molecule has 0 spiro atoms. The molecule has 1 amide bonds. The van der Waals surface area contributed by atoms with Crippen LogP contribution in [-0.4, -0.2) is 84.9 Å². The molecule has 0 aliphatic carbocycles. The molecule has 5 rings (SSSR count). The number of anilines is 1. The topological polar surface area (TPSA) is 98.3 Å². The number of nitrogens with one attached hydrogen (secondary N) is 2. The molecule has 2 N–H and O–H groups in total. The highest BCUT2D eigenvalue weighted by Gasteiger charge is 2.29. The largest absolute Gasteiger partial charge is 0.441 e. The number of pyridine rings is 1. The molecule has 10 heteroatoms. The van der Waals surface area contributed by atoms with Gasteiger partial charge in [0.2, 0.25) is 0 Å². The Labute approximate surface area is 162 Å². The Morgan fingerprint density at radius 3 is 2.79 bits per heavy atom. The van der Waals surface area contributed by atoms with E-state index in [9.17, 15) is 4.79 Å². The molecule has 0 aromatic carbocycles. The first-order valence-corrected chi connectivity index (χ1v) is 9.45. The van der Waals surface area contributed by atoms with Gasteiger partial charge in [0.1, 0.15) is 12.0 Å². The summed E-state index contributed by atoms with van der Waals surface area (Å²) in [6.07, 6.45) is 3.11. The second-order valence-electron chi connectivity index (χ2n) is 7.24. The van der Waals surface area contributed by atoms with Crippen molar-refractivity contribution in [3.8, 4) is 0 Å². The zero-order valence-corrected chi connectivity index (χ0v) is 15.7. The van der Waals surface area contributed by atoms with Gasteiger partial charge in [-0.25, -0.2) is 20.2 Å². The fraction of sp³-hybridized carbons (Fsp3) is 0.500. The SMILES string of the molecule is CN1C=NC(c2cc3c(N4CCN(C(=O)OC5COC5)CC4)ccnc3[nH]2)N1. The molecule has 148 valence electrons. The van der Waals surface area contributed by atoms with Gasteiger partial charge in [-0.05, 0) is 12.1 Å². The summed E-state index contributed by atoms with van der Waals surface area (Å²) in [5.74, 6) is 0. The van der Waals surface area contributed by atoms with Crippen LogP contribution < -0.4 is 10.3 Å². The smallest absolute Gasteiger partial charge is 0.410 e. The number of H-pyrrole nitrogens is 1. The molecule has 2 aromatic heterocycles. The fourth-order valence-electron chi connectivity index (χ4n) is 3.66. The number of aromatic nitrogens is 2. The Balaban J connectivity index is 1.29. The number of hydrogen-bond donors (Lipinski definition) is 2. The maximum absolute atomic E-state index is 12.2. The van der Waals surface area contributed by atoms with Crippen LogP contribution in [0.3, 0.4) is 0 Å². The van der Waals surface area contributed by atoms with E-state index in [-0.39, 0.29) is 18.4 Å². The van der Waals surface area contributed by atoms with E-state index in [2.05, 4.69) is 31.4 Å². The van der Waals surface area contributed by atoms with Crippen LogP contribution in [0.4, 0.5) is 10.5 Å². The number of ether oxygens (including phenoxy) is 2. The third-order valence-electron chi connectivity index (χ3n) is 5.29. The summed E-state index contributed by atoms with van der Waals surface area (Å²) >= 11 is 0. The molecule has 2 aromatic rings. The number of nitrogens with zero attached hydrogens (tertiary/aromatic N) is 5. The number of carbonyl (C=O) groups is 1. The van der Waals surface area contributed by atoms with Crippen LogP contribution >= 0.6 is 0 Å². The van der Waals surface area contributed by atoms with Gasteiger partial charge in [-0.3, -0.25) is 5.01 Å². The minimum absolute atomic E-state index is 0.0884. The zero-order valence-electron chi connectivity index (χ0n) is 15.7. The van der Waals surface area contributed by atoms with Crippen LogP contribution in [0, 0.1) is 0 Å². The van der Waals surface area contributed by atoms with E-state index in [0.29, 0.717) is 26.3 Å². The van der Waals surface area contributed by atoms with Gasteiger partial charge in [-0.2, -0.15) is 0 Å². The zero-order chi connectivity index (χ0) is 19.1. The van der Waals surface area contributed by atoms with Gasteiger partial charge in [0.15, 0.2) is 12.3 Å². The molecule has 0 bridgehead atoms. The van der Waals surface area contributed by atoms with Crippen molar-refractivity contribution in [3.63, 3.8) is 0 Å². The van der Waals surface area contributed by atoms with Crippen molar-refractivity contribution in [3.05, 3.63) is 24.0 Å². The first kappa shape index (κ1) is 17.3. The first-order valence-electron chi connectivity index (χ1n) is 9.45. The number of piperazine rings is 1. The lowest BCUT2D eigenvalue weighted by molar-refractivity contribution is -0.104. The average Bonchev–Trinajstić information content (AvgIpc) is 3.30. The second kappa shape index (κ2) is 6.95. The standard InChI is InChI=1S/C18H23N7O3/c1-23-11-20-17(22-23)14-8-13-15(2-3-19-16(13)21-14)24-4-6-25(7-5-24)18(26)28-12-9-27-10-12/h2-3,8,11-12,17,22H,4-7,9-10H2,1H3,(H,19,21). The van der Waals surface area contributed by atoms with Crippen molar-refractivity contribution in [2.75, 3.05) is 51.3 Å². The number of fused-ring (bicyclic) bond motifs is 1. The third kappa shape index (κ3) is 3.14. The predicted octanol–water partition coefficient (Wildman–Crippen LogP) is 0.697. The van der Waals surface area contributed by atoms with E-state index in [1.807, 2.05) is 24.3 Å². The number of hydrogen-bond acceptors (Lipinski definition) is 8. The highest BCUT2D eigenvalue weighted by molar-refractivity contribution is 5.90. The number of carbonyl (C=O) groups excluding carboxylic acids is 1. The van der Waals surface area contributed by atoms with Gasteiger partial charge in [0.05, 0.1) is 18.9 Å². The van der Waals surface area contributed by atoms with Crippen LogP contribution in [0.15, 0.2) is 23.3 Å². The molecule has 0 radical (unpaired) electrons. The number of hydrazine groups is 1. The van der Waals surface area contributed by atoms with Crippen molar-refractivity contribution in [1.29, 1.82) is 0 Å². The molecule has 2 fully saturated rings. The van der Waals surface area contributed by atoms with Crippen molar-refractivity contribution in [2.45, 2.75) is 12.3 Å². The van der Waals surface area contributed by atoms with E-state index >= 15 is 0 Å². The normalized spacial score (nSPS) is 22.8. The Morgan fingerprint density at radius 1 is 1.29 bits per heavy atom. The minimum Gasteiger partial charge on any atom is -0.441 e. The monoisotopic (exact) mass is 385 g/mol. The Hall–Kier alpha value is -2.85. The van der Waals surface area contributed by atoms with Crippen LogP contribution in [0.1, 0.15) is 11.9 Å². The third-order valence-corrected chi connectivity index (χ3v) is 5.29. The summed E-state index contributed by atoms with van der Waals surface area (Å²) in [7, 11) is 1.91. The quantitative estimate of drug-likeness (QED) is 0.802. The molecule has 1 atom stereocenters. The summed E-state index contributed by atoms with van der Waals surface area (Å²) in [4.78, 5) is 28.5. The lowest BCUT2D eigenvalue weighted by Crippen LogP contribution is -2.51. The van der Waals surface area contributed by atoms with Gasteiger partial charge in [-0.15, -0.1) is 0 Å². The number of aromatic amines is 1. The van der Waals surface area contributed by atoms with Gasteiger partial charge >= 0.3 is 6.09 Å². The molecule has 10 nitrogen and oxygen atoms in total. The van der Waals surface area contributed by atoms with E-state index in [1.165, 1.54) is 0 Å². The fourth-order valence-corrected chi connectivity index (χ4v) is 3.66. The van der Waals surface area contributed by atoms with E-state index in [4.69, 9.17) is 9.47 Å². The van der Waals surface area contributed by atoms with E-state index in [1.54, 1.807) is 11.2 Å². The van der Waals surface area contributed by atoms with E-state index < -0.39 is 0 Å². The van der Waals surface area contributed by atoms with Crippen molar-refractivity contribution in [1.82, 2.24) is 25.3 Å². The molecule has 28 heavy (non-hydrogen) atoms. The highest BCUT2D eigenvalue weighted by atomic mass is 16.6. The van der Waals surface area contributed by atoms with Crippen molar-refractivity contribution in [2.24, 2.45) is 4.99 Å². The number of amides is 1. The van der Waals surface area contributed by atoms with Crippen molar-refractivity contribution >= 4 is 29.2 Å². The summed E-state index contributed by atoms with van der Waals surface area (Å²) < 4.78 is 10.5. The molecular formula is C18H23N7O3.